The van der Waals surface area contributed by atoms with Gasteiger partial charge in [-0.15, -0.1) is 0 Å². The maximum atomic E-state index is 12.1. The zero-order valence-corrected chi connectivity index (χ0v) is 11.2. The lowest BCUT2D eigenvalue weighted by atomic mass is 10.1. The van der Waals surface area contributed by atoms with Gasteiger partial charge < -0.3 is 14.8 Å². The molecule has 0 heterocycles. The molecule has 0 aromatic heterocycles. The summed E-state index contributed by atoms with van der Waals surface area (Å²) in [6, 6.07) is 6.98. The van der Waals surface area contributed by atoms with Crippen LogP contribution < -0.4 is 10.1 Å². The number of Topliss-reactive ketones (excluding diaryl/α,β-unsaturated/α-hetero) is 1. The van der Waals surface area contributed by atoms with E-state index in [1.165, 1.54) is 0 Å². The van der Waals surface area contributed by atoms with Crippen molar-refractivity contribution < 1.29 is 14.3 Å². The average molecular weight is 251 g/mol. The maximum absolute atomic E-state index is 12.1. The zero-order valence-electron chi connectivity index (χ0n) is 11.2. The topological polar surface area (TPSA) is 47.6 Å². The van der Waals surface area contributed by atoms with Crippen molar-refractivity contribution in [1.29, 1.82) is 0 Å². The summed E-state index contributed by atoms with van der Waals surface area (Å²) in [4.78, 5) is 12.1. The van der Waals surface area contributed by atoms with Gasteiger partial charge in [0.1, 0.15) is 5.75 Å². The lowest BCUT2D eigenvalue weighted by Gasteiger charge is -2.12. The summed E-state index contributed by atoms with van der Waals surface area (Å²) in [6.07, 6.45) is 0.900. The van der Waals surface area contributed by atoms with Crippen LogP contribution >= 0.6 is 0 Å². The predicted octanol–water partition coefficient (Wildman–Crippen LogP) is 1.89. The first-order valence-corrected chi connectivity index (χ1v) is 6.09. The number of carbonyl (C=O) groups is 1. The molecule has 1 aromatic carbocycles. The highest BCUT2D eigenvalue weighted by Crippen LogP contribution is 2.12. The van der Waals surface area contributed by atoms with Crippen LogP contribution in [0.15, 0.2) is 24.3 Å². The zero-order chi connectivity index (χ0) is 13.4. The van der Waals surface area contributed by atoms with Crippen molar-refractivity contribution in [2.24, 2.45) is 0 Å². The Morgan fingerprint density at radius 1 is 1.28 bits per heavy atom. The standard InChI is InChI=1S/C14H21NO3/c1-11(15-9-4-10-17-2)14(16)12-5-7-13(18-3)8-6-12/h5-8,11,15H,4,9-10H2,1-3H3. The summed E-state index contributed by atoms with van der Waals surface area (Å²) < 4.78 is 10.0. The quantitative estimate of drug-likeness (QED) is 0.566. The summed E-state index contributed by atoms with van der Waals surface area (Å²) in [5, 5.41) is 3.18. The third kappa shape index (κ3) is 4.47. The minimum atomic E-state index is -0.185. The van der Waals surface area contributed by atoms with E-state index >= 15 is 0 Å². The Morgan fingerprint density at radius 3 is 2.50 bits per heavy atom. The van der Waals surface area contributed by atoms with Gasteiger partial charge in [-0.05, 0) is 44.2 Å². The molecule has 1 unspecified atom stereocenters. The van der Waals surface area contributed by atoms with E-state index < -0.39 is 0 Å². The lowest BCUT2D eigenvalue weighted by molar-refractivity contribution is 0.0949. The molecule has 18 heavy (non-hydrogen) atoms. The molecule has 1 rings (SSSR count). The molecule has 4 heteroatoms. The molecule has 0 bridgehead atoms. The number of hydrogen-bond acceptors (Lipinski definition) is 4. The van der Waals surface area contributed by atoms with Crippen LogP contribution in [0.25, 0.3) is 0 Å². The van der Waals surface area contributed by atoms with Crippen molar-refractivity contribution in [2.45, 2.75) is 19.4 Å². The van der Waals surface area contributed by atoms with Gasteiger partial charge >= 0.3 is 0 Å². The third-order valence-electron chi connectivity index (χ3n) is 2.74. The van der Waals surface area contributed by atoms with Crippen molar-refractivity contribution in [3.63, 3.8) is 0 Å². The van der Waals surface area contributed by atoms with Crippen molar-refractivity contribution in [3.05, 3.63) is 29.8 Å². The molecule has 1 N–H and O–H groups in total. The Bertz CT molecular complexity index is 362. The van der Waals surface area contributed by atoms with Crippen LogP contribution in [0.1, 0.15) is 23.7 Å². The predicted molar refractivity (Wildman–Crippen MR) is 71.3 cm³/mol. The Hall–Kier alpha value is -1.39. The van der Waals surface area contributed by atoms with Crippen molar-refractivity contribution in [3.8, 4) is 5.75 Å². The smallest absolute Gasteiger partial charge is 0.179 e. The van der Waals surface area contributed by atoms with Gasteiger partial charge in [-0.1, -0.05) is 0 Å². The molecule has 0 saturated carbocycles. The van der Waals surface area contributed by atoms with Crippen LogP contribution in [0.4, 0.5) is 0 Å². The first-order chi connectivity index (χ1) is 8.69. The van der Waals surface area contributed by atoms with Gasteiger partial charge in [0.2, 0.25) is 0 Å². The van der Waals surface area contributed by atoms with Crippen LogP contribution in [0.5, 0.6) is 5.75 Å². The number of ketones is 1. The first-order valence-electron chi connectivity index (χ1n) is 6.09. The summed E-state index contributed by atoms with van der Waals surface area (Å²) in [5.41, 5.74) is 0.697. The second kappa shape index (κ2) is 7.84. The first kappa shape index (κ1) is 14.7. The molecule has 0 amide bonds. The maximum Gasteiger partial charge on any atom is 0.179 e. The van der Waals surface area contributed by atoms with E-state index in [0.717, 1.165) is 18.7 Å². The summed E-state index contributed by atoms with van der Waals surface area (Å²) in [5.74, 6) is 0.849. The van der Waals surface area contributed by atoms with Gasteiger partial charge in [-0.3, -0.25) is 4.79 Å². The fraction of sp³-hybridized carbons (Fsp3) is 0.500. The Morgan fingerprint density at radius 2 is 1.94 bits per heavy atom. The highest BCUT2D eigenvalue weighted by molar-refractivity contribution is 5.99. The molecular formula is C14H21NO3. The van der Waals surface area contributed by atoms with E-state index in [1.54, 1.807) is 38.5 Å². The van der Waals surface area contributed by atoms with Crippen LogP contribution in [0, 0.1) is 0 Å². The lowest BCUT2D eigenvalue weighted by Crippen LogP contribution is -2.35. The van der Waals surface area contributed by atoms with E-state index in [9.17, 15) is 4.79 Å². The molecule has 1 atom stereocenters. The van der Waals surface area contributed by atoms with Gasteiger partial charge in [0, 0.05) is 19.3 Å². The number of methoxy groups -OCH3 is 2. The molecular weight excluding hydrogens is 230 g/mol. The highest BCUT2D eigenvalue weighted by Gasteiger charge is 2.14. The Balaban J connectivity index is 2.46. The molecule has 4 nitrogen and oxygen atoms in total. The SMILES string of the molecule is COCCCNC(C)C(=O)c1ccc(OC)cc1. The Labute approximate surface area is 108 Å². The largest absolute Gasteiger partial charge is 0.497 e. The minimum absolute atomic E-state index is 0.0927. The van der Waals surface area contributed by atoms with Gasteiger partial charge in [0.25, 0.3) is 0 Å². The van der Waals surface area contributed by atoms with Crippen LogP contribution in [0.2, 0.25) is 0 Å². The van der Waals surface area contributed by atoms with Crippen molar-refractivity contribution in [2.75, 3.05) is 27.4 Å². The molecule has 0 fully saturated rings. The van der Waals surface area contributed by atoms with Gasteiger partial charge in [-0.2, -0.15) is 0 Å². The number of rotatable bonds is 8. The molecule has 1 aromatic rings. The fourth-order valence-electron chi connectivity index (χ4n) is 1.63. The molecule has 0 aliphatic heterocycles. The van der Waals surface area contributed by atoms with Crippen molar-refractivity contribution >= 4 is 5.78 Å². The second-order valence-corrected chi connectivity index (χ2v) is 4.11. The van der Waals surface area contributed by atoms with Gasteiger partial charge in [0.05, 0.1) is 13.2 Å². The Kier molecular flexibility index (Phi) is 6.39. The molecule has 0 aliphatic rings. The van der Waals surface area contributed by atoms with Gasteiger partial charge in [-0.25, -0.2) is 0 Å². The second-order valence-electron chi connectivity index (χ2n) is 4.11. The third-order valence-corrected chi connectivity index (χ3v) is 2.74. The highest BCUT2D eigenvalue weighted by atomic mass is 16.5. The average Bonchev–Trinajstić information content (AvgIpc) is 2.42. The number of ether oxygens (including phenoxy) is 2. The van der Waals surface area contributed by atoms with E-state index in [-0.39, 0.29) is 11.8 Å². The molecule has 100 valence electrons. The number of nitrogens with one attached hydrogen (secondary N) is 1. The molecule has 0 aliphatic carbocycles. The van der Waals surface area contributed by atoms with E-state index in [4.69, 9.17) is 9.47 Å². The molecule has 0 spiro atoms. The minimum Gasteiger partial charge on any atom is -0.497 e. The molecule has 0 saturated heterocycles. The van der Waals surface area contributed by atoms with E-state index in [2.05, 4.69) is 5.32 Å². The monoisotopic (exact) mass is 251 g/mol. The summed E-state index contributed by atoms with van der Waals surface area (Å²) in [6.45, 7) is 3.35. The summed E-state index contributed by atoms with van der Waals surface area (Å²) in [7, 11) is 3.28. The molecule has 0 radical (unpaired) electrons. The van der Waals surface area contributed by atoms with Crippen LogP contribution in [0.3, 0.4) is 0 Å². The number of carbonyl (C=O) groups excluding carboxylic acids is 1. The van der Waals surface area contributed by atoms with E-state index in [1.807, 2.05) is 6.92 Å². The number of hydrogen-bond donors (Lipinski definition) is 1. The van der Waals surface area contributed by atoms with Crippen molar-refractivity contribution in [1.82, 2.24) is 5.32 Å². The van der Waals surface area contributed by atoms with E-state index in [0.29, 0.717) is 12.2 Å². The van der Waals surface area contributed by atoms with Crippen LogP contribution in [-0.4, -0.2) is 39.2 Å². The van der Waals surface area contributed by atoms with Gasteiger partial charge in [0.15, 0.2) is 5.78 Å². The summed E-state index contributed by atoms with van der Waals surface area (Å²) >= 11 is 0. The normalized spacial score (nSPS) is 12.2. The number of benzene rings is 1. The fourth-order valence-corrected chi connectivity index (χ4v) is 1.63. The van der Waals surface area contributed by atoms with Crippen LogP contribution in [-0.2, 0) is 4.74 Å².